The minimum Gasteiger partial charge on any atom is -0.387 e. The molecule has 78 valence electrons. The molecule has 2 heterocycles. The van der Waals surface area contributed by atoms with Gasteiger partial charge in [0.25, 0.3) is 11.8 Å². The van der Waals surface area contributed by atoms with Crippen molar-refractivity contribution in [2.45, 2.75) is 6.92 Å². The van der Waals surface area contributed by atoms with E-state index in [1.807, 2.05) is 0 Å². The minimum atomic E-state index is -0.579. The van der Waals surface area contributed by atoms with Gasteiger partial charge in [0.1, 0.15) is 0 Å². The summed E-state index contributed by atoms with van der Waals surface area (Å²) in [5, 5.41) is 2.10. The topological polar surface area (TPSA) is 89.5 Å². The molecule has 2 aliphatic rings. The van der Waals surface area contributed by atoms with Crippen molar-refractivity contribution in [3.8, 4) is 0 Å². The van der Waals surface area contributed by atoms with Gasteiger partial charge in [0.15, 0.2) is 0 Å². The van der Waals surface area contributed by atoms with Crippen molar-refractivity contribution in [1.29, 1.82) is 0 Å². The molecule has 6 nitrogen and oxygen atoms in total. The number of cyclic esters (lactones) is 2. The average Bonchev–Trinajstić information content (AvgIpc) is 2.61. The number of rotatable bonds is 0. The normalized spacial score (nSPS) is 18.1. The summed E-state index contributed by atoms with van der Waals surface area (Å²) in [7, 11) is 0. The van der Waals surface area contributed by atoms with Gasteiger partial charge in [0.2, 0.25) is 0 Å². The zero-order valence-electron chi connectivity index (χ0n) is 7.77. The van der Waals surface area contributed by atoms with Crippen LogP contribution >= 0.6 is 0 Å². The Morgan fingerprint density at radius 2 is 1.60 bits per heavy atom. The molecule has 0 atom stereocenters. The Balaban J connectivity index is 0.000000151. The van der Waals surface area contributed by atoms with Crippen LogP contribution < -0.4 is 5.32 Å². The quantitative estimate of drug-likeness (QED) is 0.321. The summed E-state index contributed by atoms with van der Waals surface area (Å²) in [5.74, 6) is -1.75. The van der Waals surface area contributed by atoms with Crippen LogP contribution in [0.15, 0.2) is 23.8 Å². The maximum atomic E-state index is 10.4. The first-order valence-electron chi connectivity index (χ1n) is 3.96. The molecule has 2 amide bonds. The van der Waals surface area contributed by atoms with Gasteiger partial charge in [-0.25, -0.2) is 9.59 Å². The lowest BCUT2D eigenvalue weighted by atomic mass is 10.3. The van der Waals surface area contributed by atoms with E-state index < -0.39 is 11.9 Å². The highest BCUT2D eigenvalue weighted by Crippen LogP contribution is 1.97. The van der Waals surface area contributed by atoms with Gasteiger partial charge in [0.05, 0.1) is 0 Å². The lowest BCUT2D eigenvalue weighted by Gasteiger charge is -1.84. The van der Waals surface area contributed by atoms with Crippen molar-refractivity contribution in [1.82, 2.24) is 5.32 Å². The molecule has 0 aromatic carbocycles. The first kappa shape index (κ1) is 10.8. The summed E-state index contributed by atoms with van der Waals surface area (Å²) < 4.78 is 3.97. The Labute approximate surface area is 84.6 Å². The van der Waals surface area contributed by atoms with E-state index in [0.29, 0.717) is 5.57 Å². The van der Waals surface area contributed by atoms with Crippen LogP contribution in [0.1, 0.15) is 6.92 Å². The second kappa shape index (κ2) is 4.32. The molecule has 0 unspecified atom stereocenters. The van der Waals surface area contributed by atoms with E-state index in [1.165, 1.54) is 6.08 Å². The van der Waals surface area contributed by atoms with Gasteiger partial charge in [-0.05, 0) is 6.92 Å². The summed E-state index contributed by atoms with van der Waals surface area (Å²) >= 11 is 0. The van der Waals surface area contributed by atoms with Crippen LogP contribution in [0.25, 0.3) is 0 Å². The molecular weight excluding hydrogens is 202 g/mol. The third-order valence-corrected chi connectivity index (χ3v) is 1.50. The van der Waals surface area contributed by atoms with Gasteiger partial charge in [0, 0.05) is 23.8 Å². The lowest BCUT2D eigenvalue weighted by Crippen LogP contribution is -2.21. The smallest absolute Gasteiger partial charge is 0.338 e. The molecule has 0 saturated heterocycles. The number of carbonyl (C=O) groups excluding carboxylic acids is 4. The van der Waals surface area contributed by atoms with Gasteiger partial charge in [-0.2, -0.15) is 0 Å². The van der Waals surface area contributed by atoms with Crippen LogP contribution in [-0.2, 0) is 23.9 Å². The fourth-order valence-corrected chi connectivity index (χ4v) is 0.812. The molecule has 15 heavy (non-hydrogen) atoms. The standard InChI is InChI=1S/C5H5NO2.C4H2O3/c1-3-2-4(7)6-5(3)8;5-3-1-2-4(6)7-3/h2H,1H3,(H,6,7,8);1-2H. The van der Waals surface area contributed by atoms with Crippen molar-refractivity contribution in [3.63, 3.8) is 0 Å². The molecule has 0 spiro atoms. The molecule has 0 fully saturated rings. The first-order chi connectivity index (χ1) is 6.99. The van der Waals surface area contributed by atoms with Crippen LogP contribution in [0.2, 0.25) is 0 Å². The van der Waals surface area contributed by atoms with Crippen LogP contribution in [0.3, 0.4) is 0 Å². The van der Waals surface area contributed by atoms with E-state index in [-0.39, 0.29) is 11.8 Å². The van der Waals surface area contributed by atoms with Crippen molar-refractivity contribution in [3.05, 3.63) is 23.8 Å². The highest BCUT2D eigenvalue weighted by molar-refractivity contribution is 6.15. The number of nitrogens with one attached hydrogen (secondary N) is 1. The van der Waals surface area contributed by atoms with Gasteiger partial charge < -0.3 is 4.74 Å². The second-order valence-electron chi connectivity index (χ2n) is 2.72. The number of carbonyl (C=O) groups is 4. The van der Waals surface area contributed by atoms with Gasteiger partial charge >= 0.3 is 11.9 Å². The van der Waals surface area contributed by atoms with E-state index in [0.717, 1.165) is 12.2 Å². The third-order valence-electron chi connectivity index (χ3n) is 1.50. The number of hydrogen-bond acceptors (Lipinski definition) is 5. The lowest BCUT2D eigenvalue weighted by molar-refractivity contribution is -0.150. The number of amides is 2. The highest BCUT2D eigenvalue weighted by atomic mass is 16.6. The fourth-order valence-electron chi connectivity index (χ4n) is 0.812. The van der Waals surface area contributed by atoms with E-state index in [9.17, 15) is 19.2 Å². The number of esters is 2. The predicted molar refractivity (Wildman–Crippen MR) is 47.1 cm³/mol. The highest BCUT2D eigenvalue weighted by Gasteiger charge is 2.15. The molecule has 0 radical (unpaired) electrons. The fraction of sp³-hybridized carbons (Fsp3) is 0.111. The zero-order valence-corrected chi connectivity index (χ0v) is 7.77. The Morgan fingerprint density at radius 1 is 1.07 bits per heavy atom. The van der Waals surface area contributed by atoms with Crippen molar-refractivity contribution >= 4 is 23.8 Å². The first-order valence-corrected chi connectivity index (χ1v) is 3.96. The van der Waals surface area contributed by atoms with E-state index in [4.69, 9.17) is 0 Å². The van der Waals surface area contributed by atoms with E-state index in [2.05, 4.69) is 10.1 Å². The molecule has 0 bridgehead atoms. The molecule has 2 aliphatic heterocycles. The summed E-state index contributed by atoms with van der Waals surface area (Å²) in [4.78, 5) is 40.5. The van der Waals surface area contributed by atoms with Crippen LogP contribution in [0.4, 0.5) is 0 Å². The van der Waals surface area contributed by atoms with Gasteiger partial charge in [-0.1, -0.05) is 0 Å². The summed E-state index contributed by atoms with van der Waals surface area (Å²) in [6, 6.07) is 0. The summed E-state index contributed by atoms with van der Waals surface area (Å²) in [5.41, 5.74) is 0.481. The van der Waals surface area contributed by atoms with Gasteiger partial charge in [-0.15, -0.1) is 0 Å². The number of imide groups is 1. The van der Waals surface area contributed by atoms with Crippen LogP contribution in [-0.4, -0.2) is 23.8 Å². The maximum Gasteiger partial charge on any atom is 0.338 e. The molecule has 1 N–H and O–H groups in total. The maximum absolute atomic E-state index is 10.4. The molecule has 0 aliphatic carbocycles. The van der Waals surface area contributed by atoms with Crippen molar-refractivity contribution in [2.24, 2.45) is 0 Å². The Morgan fingerprint density at radius 3 is 1.73 bits per heavy atom. The Kier molecular flexibility index (Phi) is 3.12. The molecule has 6 heteroatoms. The van der Waals surface area contributed by atoms with E-state index >= 15 is 0 Å². The van der Waals surface area contributed by atoms with E-state index in [1.54, 1.807) is 6.92 Å². The zero-order chi connectivity index (χ0) is 11.4. The average molecular weight is 209 g/mol. The molecule has 0 aromatic heterocycles. The van der Waals surface area contributed by atoms with Crippen molar-refractivity contribution < 1.29 is 23.9 Å². The van der Waals surface area contributed by atoms with Crippen LogP contribution in [0, 0.1) is 0 Å². The summed E-state index contributed by atoms with van der Waals surface area (Å²) in [6.45, 7) is 1.60. The predicted octanol–water partition coefficient (Wildman–Crippen LogP) is -0.785. The number of ether oxygens (including phenoxy) is 1. The van der Waals surface area contributed by atoms with Gasteiger partial charge in [-0.3, -0.25) is 14.9 Å². The largest absolute Gasteiger partial charge is 0.387 e. The SMILES string of the molecule is CC1=CC(=O)NC1=O.O=C1C=CC(=O)O1. The Hall–Kier alpha value is -2.24. The minimum absolute atomic E-state index is 0.282. The third kappa shape index (κ3) is 3.18. The van der Waals surface area contributed by atoms with Crippen molar-refractivity contribution in [2.75, 3.05) is 0 Å². The molecular formula is C9H7NO5. The monoisotopic (exact) mass is 209 g/mol. The molecule has 0 aromatic rings. The number of hydrogen-bond donors (Lipinski definition) is 1. The Bertz CT molecular complexity index is 389. The van der Waals surface area contributed by atoms with Crippen LogP contribution in [0.5, 0.6) is 0 Å². The summed E-state index contributed by atoms with van der Waals surface area (Å²) in [6.07, 6.45) is 3.45. The molecule has 0 saturated carbocycles. The second-order valence-corrected chi connectivity index (χ2v) is 2.72. The molecule has 2 rings (SSSR count).